The average molecular weight is 367 g/mol. The largest absolute Gasteiger partial charge is 0.352 e. The molecule has 2 aromatic rings. The van der Waals surface area contributed by atoms with Crippen molar-refractivity contribution in [2.24, 2.45) is 5.92 Å². The van der Waals surface area contributed by atoms with Crippen molar-refractivity contribution in [3.63, 3.8) is 0 Å². The maximum atomic E-state index is 12.2. The van der Waals surface area contributed by atoms with Crippen molar-refractivity contribution in [3.05, 3.63) is 75.8 Å². The molecule has 2 aromatic carbocycles. The molecule has 0 spiro atoms. The van der Waals surface area contributed by atoms with Gasteiger partial charge in [-0.15, -0.1) is 0 Å². The summed E-state index contributed by atoms with van der Waals surface area (Å²) in [5, 5.41) is 13.6. The molecule has 0 atom stereocenters. The van der Waals surface area contributed by atoms with E-state index in [9.17, 15) is 14.9 Å². The van der Waals surface area contributed by atoms with Gasteiger partial charge in [-0.2, -0.15) is 0 Å². The normalized spacial score (nSPS) is 15.4. The number of likely N-dealkylation sites (tertiary alicyclic amines) is 1. The average Bonchev–Trinajstić information content (AvgIpc) is 2.72. The molecule has 6 nitrogen and oxygen atoms in total. The SMILES string of the molecule is O=C(NCC1CCN(CCc2ccccc2)CC1)c1ccc([N+](=O)[O-])cc1. The van der Waals surface area contributed by atoms with E-state index in [4.69, 9.17) is 0 Å². The first kappa shape index (κ1) is 19.0. The lowest BCUT2D eigenvalue weighted by atomic mass is 9.96. The number of rotatable bonds is 7. The molecule has 3 rings (SSSR count). The van der Waals surface area contributed by atoms with E-state index in [0.29, 0.717) is 18.0 Å². The van der Waals surface area contributed by atoms with E-state index in [1.54, 1.807) is 0 Å². The number of carbonyl (C=O) groups excluding carboxylic acids is 1. The Morgan fingerprint density at radius 3 is 2.37 bits per heavy atom. The monoisotopic (exact) mass is 367 g/mol. The van der Waals surface area contributed by atoms with Crippen molar-refractivity contribution >= 4 is 11.6 Å². The maximum absolute atomic E-state index is 12.2. The molecule has 0 bridgehead atoms. The van der Waals surface area contributed by atoms with Crippen LogP contribution in [-0.2, 0) is 6.42 Å². The van der Waals surface area contributed by atoms with Crippen molar-refractivity contribution < 1.29 is 9.72 Å². The molecule has 0 radical (unpaired) electrons. The molecule has 0 saturated carbocycles. The number of nitrogens with one attached hydrogen (secondary N) is 1. The van der Waals surface area contributed by atoms with Gasteiger partial charge in [0.15, 0.2) is 0 Å². The first-order valence-corrected chi connectivity index (χ1v) is 9.41. The molecule has 1 fully saturated rings. The number of carbonyl (C=O) groups is 1. The summed E-state index contributed by atoms with van der Waals surface area (Å²) in [6, 6.07) is 16.3. The molecule has 1 aliphatic rings. The van der Waals surface area contributed by atoms with Crippen molar-refractivity contribution in [2.75, 3.05) is 26.2 Å². The molecule has 142 valence electrons. The zero-order chi connectivity index (χ0) is 19.1. The van der Waals surface area contributed by atoms with Crippen molar-refractivity contribution in [1.29, 1.82) is 0 Å². The van der Waals surface area contributed by atoms with Gasteiger partial charge >= 0.3 is 0 Å². The Morgan fingerprint density at radius 2 is 1.74 bits per heavy atom. The van der Waals surface area contributed by atoms with Crippen molar-refractivity contribution in [1.82, 2.24) is 10.2 Å². The predicted molar refractivity (Wildman–Crippen MR) is 105 cm³/mol. The Balaban J connectivity index is 1.37. The molecule has 1 aliphatic heterocycles. The Labute approximate surface area is 159 Å². The second-order valence-electron chi connectivity index (χ2n) is 7.03. The first-order valence-electron chi connectivity index (χ1n) is 9.41. The highest BCUT2D eigenvalue weighted by Crippen LogP contribution is 2.17. The fraction of sp³-hybridized carbons (Fsp3) is 0.381. The van der Waals surface area contributed by atoms with Crippen LogP contribution < -0.4 is 5.32 Å². The molecule has 1 heterocycles. The molecule has 0 aromatic heterocycles. The lowest BCUT2D eigenvalue weighted by Gasteiger charge is -2.32. The standard InChI is InChI=1S/C21H25N3O3/c25-21(19-6-8-20(9-7-19)24(26)27)22-16-18-11-14-23(15-12-18)13-10-17-4-2-1-3-5-17/h1-9,18H,10-16H2,(H,22,25). The van der Waals surface area contributed by atoms with Crippen LogP contribution in [0.25, 0.3) is 0 Å². The third kappa shape index (κ3) is 5.62. The van der Waals surface area contributed by atoms with Gasteiger partial charge in [0.05, 0.1) is 4.92 Å². The van der Waals surface area contributed by atoms with Crippen LogP contribution in [0.3, 0.4) is 0 Å². The summed E-state index contributed by atoms with van der Waals surface area (Å²) in [7, 11) is 0. The van der Waals surface area contributed by atoms with Gasteiger partial charge in [0.25, 0.3) is 11.6 Å². The van der Waals surface area contributed by atoms with E-state index in [2.05, 4.69) is 34.5 Å². The third-order valence-electron chi connectivity index (χ3n) is 5.16. The predicted octanol–water partition coefficient (Wildman–Crippen LogP) is 3.28. The number of amides is 1. The molecule has 1 amide bonds. The summed E-state index contributed by atoms with van der Waals surface area (Å²) in [5.41, 5.74) is 1.82. The molecular formula is C21H25N3O3. The highest BCUT2D eigenvalue weighted by molar-refractivity contribution is 5.94. The van der Waals surface area contributed by atoms with Crippen LogP contribution in [0.4, 0.5) is 5.69 Å². The van der Waals surface area contributed by atoms with Gasteiger partial charge in [0, 0.05) is 30.8 Å². The van der Waals surface area contributed by atoms with Gasteiger partial charge in [0.2, 0.25) is 0 Å². The summed E-state index contributed by atoms with van der Waals surface area (Å²) in [4.78, 5) is 24.9. The molecular weight excluding hydrogens is 342 g/mol. The van der Waals surface area contributed by atoms with Gasteiger partial charge in [-0.1, -0.05) is 30.3 Å². The van der Waals surface area contributed by atoms with E-state index >= 15 is 0 Å². The summed E-state index contributed by atoms with van der Waals surface area (Å²) in [6.07, 6.45) is 3.23. The second kappa shape index (κ2) is 9.28. The van der Waals surface area contributed by atoms with E-state index < -0.39 is 4.92 Å². The fourth-order valence-electron chi connectivity index (χ4n) is 3.42. The minimum absolute atomic E-state index is 0.00516. The van der Waals surface area contributed by atoms with Crippen LogP contribution >= 0.6 is 0 Å². The number of nitro groups is 1. The first-order chi connectivity index (χ1) is 13.1. The number of piperidine rings is 1. The maximum Gasteiger partial charge on any atom is 0.269 e. The quantitative estimate of drug-likeness (QED) is 0.602. The smallest absolute Gasteiger partial charge is 0.269 e. The highest BCUT2D eigenvalue weighted by atomic mass is 16.6. The highest BCUT2D eigenvalue weighted by Gasteiger charge is 2.20. The van der Waals surface area contributed by atoms with Crippen LogP contribution in [0, 0.1) is 16.0 Å². The summed E-state index contributed by atoms with van der Waals surface area (Å²) in [6.45, 7) is 3.85. The lowest BCUT2D eigenvalue weighted by molar-refractivity contribution is -0.384. The second-order valence-corrected chi connectivity index (χ2v) is 7.03. The van der Waals surface area contributed by atoms with E-state index in [1.165, 1.54) is 29.8 Å². The fourth-order valence-corrected chi connectivity index (χ4v) is 3.42. The van der Waals surface area contributed by atoms with E-state index in [1.807, 2.05) is 6.07 Å². The summed E-state index contributed by atoms with van der Waals surface area (Å²) < 4.78 is 0. The lowest BCUT2D eigenvalue weighted by Crippen LogP contribution is -2.39. The van der Waals surface area contributed by atoms with Crippen LogP contribution in [0.1, 0.15) is 28.8 Å². The van der Waals surface area contributed by atoms with Gasteiger partial charge in [-0.25, -0.2) is 0 Å². The third-order valence-corrected chi connectivity index (χ3v) is 5.16. The van der Waals surface area contributed by atoms with Gasteiger partial charge < -0.3 is 10.2 Å². The molecule has 27 heavy (non-hydrogen) atoms. The number of benzene rings is 2. The molecule has 1 saturated heterocycles. The van der Waals surface area contributed by atoms with Crippen LogP contribution in [0.15, 0.2) is 54.6 Å². The van der Waals surface area contributed by atoms with E-state index in [-0.39, 0.29) is 11.6 Å². The molecule has 0 aliphatic carbocycles. The van der Waals surface area contributed by atoms with Crippen molar-refractivity contribution in [2.45, 2.75) is 19.3 Å². The molecule has 1 N–H and O–H groups in total. The van der Waals surface area contributed by atoms with Gasteiger partial charge in [0.1, 0.15) is 0 Å². The van der Waals surface area contributed by atoms with E-state index in [0.717, 1.165) is 38.9 Å². The van der Waals surface area contributed by atoms with Crippen LogP contribution in [0.2, 0.25) is 0 Å². The Bertz CT molecular complexity index is 754. The number of hydrogen-bond acceptors (Lipinski definition) is 4. The zero-order valence-electron chi connectivity index (χ0n) is 15.3. The summed E-state index contributed by atoms with van der Waals surface area (Å²) >= 11 is 0. The zero-order valence-corrected chi connectivity index (χ0v) is 15.3. The number of nitro benzene ring substituents is 1. The van der Waals surface area contributed by atoms with Crippen LogP contribution in [-0.4, -0.2) is 41.9 Å². The number of hydrogen-bond donors (Lipinski definition) is 1. The van der Waals surface area contributed by atoms with Gasteiger partial charge in [-0.3, -0.25) is 14.9 Å². The summed E-state index contributed by atoms with van der Waals surface area (Å²) in [5.74, 6) is 0.316. The van der Waals surface area contributed by atoms with Crippen molar-refractivity contribution in [3.8, 4) is 0 Å². The Kier molecular flexibility index (Phi) is 6.54. The molecule has 0 unspecified atom stereocenters. The number of non-ortho nitro benzene ring substituents is 1. The Morgan fingerprint density at radius 1 is 1.07 bits per heavy atom. The van der Waals surface area contributed by atoms with Crippen LogP contribution in [0.5, 0.6) is 0 Å². The minimum atomic E-state index is -0.465. The molecule has 6 heteroatoms. The minimum Gasteiger partial charge on any atom is -0.352 e. The number of nitrogens with zero attached hydrogens (tertiary/aromatic N) is 2. The Hall–Kier alpha value is -2.73. The topological polar surface area (TPSA) is 75.5 Å². The van der Waals surface area contributed by atoms with Gasteiger partial charge in [-0.05, 0) is 56.0 Å².